The van der Waals surface area contributed by atoms with Crippen molar-refractivity contribution in [1.82, 2.24) is 9.80 Å². The maximum atomic E-state index is 12.9. The van der Waals surface area contributed by atoms with E-state index in [4.69, 9.17) is 20.8 Å². The van der Waals surface area contributed by atoms with Crippen LogP contribution in [0.4, 0.5) is 0 Å². The van der Waals surface area contributed by atoms with Crippen LogP contribution in [-0.4, -0.2) is 59.3 Å². The summed E-state index contributed by atoms with van der Waals surface area (Å²) in [5.74, 6) is 0.247. The first-order valence-corrected chi connectivity index (χ1v) is 9.35. The molecule has 0 N–H and O–H groups in total. The van der Waals surface area contributed by atoms with Gasteiger partial charge in [0.15, 0.2) is 0 Å². The van der Waals surface area contributed by atoms with Crippen LogP contribution in [0.5, 0.6) is 0 Å². The summed E-state index contributed by atoms with van der Waals surface area (Å²) >= 11 is 5.71. The van der Waals surface area contributed by atoms with Crippen molar-refractivity contribution in [2.75, 3.05) is 25.6 Å². The molecule has 0 saturated carbocycles. The van der Waals surface area contributed by atoms with Gasteiger partial charge >= 0.3 is 0 Å². The molecule has 2 heterocycles. The minimum atomic E-state index is -0.223. The van der Waals surface area contributed by atoms with Gasteiger partial charge in [-0.2, -0.15) is 0 Å². The van der Waals surface area contributed by atoms with Crippen LogP contribution in [0.2, 0.25) is 0 Å². The number of hydrogen-bond donors (Lipinski definition) is 0. The minimum Gasteiger partial charge on any atom is -0.467 e. The Labute approximate surface area is 154 Å². The molecule has 1 aromatic rings. The standard InChI is InChI=1S/C18H27ClN2O4/c1-3-14(2)21(17(22)10-19)13-18(23)20(11-15-6-4-8-24-15)12-16-7-5-9-25-16/h4,6,8,14,16H,3,5,7,9-13H2,1-2H3/t14-,16+/m0/s1. The monoisotopic (exact) mass is 370 g/mol. The first kappa shape index (κ1) is 19.8. The van der Waals surface area contributed by atoms with E-state index in [2.05, 4.69) is 0 Å². The molecule has 2 amide bonds. The predicted octanol–water partition coefficient (Wildman–Crippen LogP) is 2.65. The molecule has 0 spiro atoms. The highest BCUT2D eigenvalue weighted by Crippen LogP contribution is 2.16. The number of hydrogen-bond acceptors (Lipinski definition) is 4. The van der Waals surface area contributed by atoms with Gasteiger partial charge < -0.3 is 19.0 Å². The lowest BCUT2D eigenvalue weighted by molar-refractivity contribution is -0.142. The largest absolute Gasteiger partial charge is 0.467 e. The number of halogens is 1. The molecule has 1 fully saturated rings. The van der Waals surface area contributed by atoms with Crippen LogP contribution in [0.15, 0.2) is 22.8 Å². The van der Waals surface area contributed by atoms with Crippen molar-refractivity contribution in [3.05, 3.63) is 24.2 Å². The number of carbonyl (C=O) groups excluding carboxylic acids is 2. The van der Waals surface area contributed by atoms with Gasteiger partial charge in [0, 0.05) is 19.2 Å². The third-order valence-electron chi connectivity index (χ3n) is 4.59. The van der Waals surface area contributed by atoms with Gasteiger partial charge in [0.05, 0.1) is 18.9 Å². The molecule has 1 saturated heterocycles. The highest BCUT2D eigenvalue weighted by molar-refractivity contribution is 6.27. The zero-order chi connectivity index (χ0) is 18.2. The molecule has 6 nitrogen and oxygen atoms in total. The fourth-order valence-electron chi connectivity index (χ4n) is 2.91. The molecule has 0 bridgehead atoms. The Morgan fingerprint density at radius 2 is 2.20 bits per heavy atom. The van der Waals surface area contributed by atoms with Gasteiger partial charge in [0.2, 0.25) is 11.8 Å². The van der Waals surface area contributed by atoms with Crippen molar-refractivity contribution in [3.63, 3.8) is 0 Å². The van der Waals surface area contributed by atoms with Gasteiger partial charge in [-0.1, -0.05) is 6.92 Å². The minimum absolute atomic E-state index is 0.0218. The SMILES string of the molecule is CC[C@H](C)N(CC(=O)N(Cc1ccco1)C[C@H]1CCCO1)C(=O)CCl. The normalized spacial score (nSPS) is 18.1. The molecule has 1 aromatic heterocycles. The summed E-state index contributed by atoms with van der Waals surface area (Å²) in [5.41, 5.74) is 0. The fourth-order valence-corrected chi connectivity index (χ4v) is 3.07. The lowest BCUT2D eigenvalue weighted by Gasteiger charge is -2.31. The first-order chi connectivity index (χ1) is 12.0. The van der Waals surface area contributed by atoms with Gasteiger partial charge in [-0.05, 0) is 38.3 Å². The van der Waals surface area contributed by atoms with E-state index in [1.54, 1.807) is 22.1 Å². The zero-order valence-corrected chi connectivity index (χ0v) is 15.7. The third kappa shape index (κ3) is 5.75. The molecule has 0 aliphatic carbocycles. The third-order valence-corrected chi connectivity index (χ3v) is 4.82. The van der Waals surface area contributed by atoms with E-state index in [-0.39, 0.29) is 36.4 Å². The Morgan fingerprint density at radius 3 is 2.76 bits per heavy atom. The average molecular weight is 371 g/mol. The number of ether oxygens (including phenoxy) is 1. The van der Waals surface area contributed by atoms with Crippen LogP contribution in [0.1, 0.15) is 38.9 Å². The van der Waals surface area contributed by atoms with E-state index >= 15 is 0 Å². The molecular formula is C18H27ClN2O4. The number of amides is 2. The second kappa shape index (κ2) is 9.82. The summed E-state index contributed by atoms with van der Waals surface area (Å²) in [6.07, 6.45) is 4.35. The van der Waals surface area contributed by atoms with Gasteiger partial charge in [0.1, 0.15) is 18.2 Å². The zero-order valence-electron chi connectivity index (χ0n) is 14.9. The van der Waals surface area contributed by atoms with Crippen molar-refractivity contribution in [2.45, 2.75) is 51.8 Å². The molecule has 1 aliphatic heterocycles. The van der Waals surface area contributed by atoms with Crippen LogP contribution < -0.4 is 0 Å². The number of furan rings is 1. The number of nitrogens with zero attached hydrogens (tertiary/aromatic N) is 2. The Kier molecular flexibility index (Phi) is 7.78. The molecular weight excluding hydrogens is 344 g/mol. The van der Waals surface area contributed by atoms with E-state index in [0.717, 1.165) is 25.9 Å². The molecule has 140 valence electrons. The summed E-state index contributed by atoms with van der Waals surface area (Å²) < 4.78 is 11.1. The van der Waals surface area contributed by atoms with Crippen LogP contribution in [0.25, 0.3) is 0 Å². The van der Waals surface area contributed by atoms with Crippen molar-refractivity contribution < 1.29 is 18.7 Å². The van der Waals surface area contributed by atoms with Crippen molar-refractivity contribution in [3.8, 4) is 0 Å². The Bertz CT molecular complexity index is 543. The maximum absolute atomic E-state index is 12.9. The molecule has 7 heteroatoms. The molecule has 2 rings (SSSR count). The summed E-state index contributed by atoms with van der Waals surface area (Å²) in [4.78, 5) is 28.3. The van der Waals surface area contributed by atoms with Crippen molar-refractivity contribution in [2.24, 2.45) is 0 Å². The smallest absolute Gasteiger partial charge is 0.242 e. The molecule has 1 aliphatic rings. The molecule has 2 atom stereocenters. The lowest BCUT2D eigenvalue weighted by atomic mass is 10.2. The van der Waals surface area contributed by atoms with Crippen molar-refractivity contribution >= 4 is 23.4 Å². The Morgan fingerprint density at radius 1 is 1.40 bits per heavy atom. The molecule has 0 unspecified atom stereocenters. The second-order valence-corrected chi connectivity index (χ2v) is 6.67. The van der Waals surface area contributed by atoms with Crippen LogP contribution in [-0.2, 0) is 20.9 Å². The van der Waals surface area contributed by atoms with E-state index in [0.29, 0.717) is 18.8 Å². The van der Waals surface area contributed by atoms with Crippen LogP contribution >= 0.6 is 11.6 Å². The first-order valence-electron chi connectivity index (χ1n) is 8.82. The summed E-state index contributed by atoms with van der Waals surface area (Å²) in [7, 11) is 0. The summed E-state index contributed by atoms with van der Waals surface area (Å²) in [6, 6.07) is 3.60. The van der Waals surface area contributed by atoms with Crippen molar-refractivity contribution in [1.29, 1.82) is 0 Å². The fraction of sp³-hybridized carbons (Fsp3) is 0.667. The predicted molar refractivity (Wildman–Crippen MR) is 95.3 cm³/mol. The number of carbonyl (C=O) groups is 2. The number of rotatable bonds is 9. The van der Waals surface area contributed by atoms with E-state index < -0.39 is 0 Å². The van der Waals surface area contributed by atoms with Gasteiger partial charge in [-0.25, -0.2) is 0 Å². The van der Waals surface area contributed by atoms with E-state index in [9.17, 15) is 9.59 Å². The summed E-state index contributed by atoms with van der Waals surface area (Å²) in [6.45, 7) is 5.54. The molecule has 25 heavy (non-hydrogen) atoms. The maximum Gasteiger partial charge on any atom is 0.242 e. The Balaban J connectivity index is 2.07. The van der Waals surface area contributed by atoms with Gasteiger partial charge in [0.25, 0.3) is 0 Å². The summed E-state index contributed by atoms with van der Waals surface area (Å²) in [5, 5.41) is 0. The van der Waals surface area contributed by atoms with Gasteiger partial charge in [-0.3, -0.25) is 9.59 Å². The number of alkyl halides is 1. The Hall–Kier alpha value is -1.53. The van der Waals surface area contributed by atoms with Gasteiger partial charge in [-0.15, -0.1) is 11.6 Å². The van der Waals surface area contributed by atoms with E-state index in [1.807, 2.05) is 19.9 Å². The topological polar surface area (TPSA) is 63.0 Å². The molecule has 0 aromatic carbocycles. The second-order valence-electron chi connectivity index (χ2n) is 6.40. The lowest BCUT2D eigenvalue weighted by Crippen LogP contribution is -2.48. The van der Waals surface area contributed by atoms with Crippen LogP contribution in [0.3, 0.4) is 0 Å². The van der Waals surface area contributed by atoms with E-state index in [1.165, 1.54) is 0 Å². The quantitative estimate of drug-likeness (QED) is 0.627. The highest BCUT2D eigenvalue weighted by Gasteiger charge is 2.27. The molecule has 0 radical (unpaired) electrons. The van der Waals surface area contributed by atoms with Crippen LogP contribution in [0, 0.1) is 0 Å². The average Bonchev–Trinajstić information content (AvgIpc) is 3.31. The highest BCUT2D eigenvalue weighted by atomic mass is 35.5.